The van der Waals surface area contributed by atoms with Gasteiger partial charge in [-0.2, -0.15) is 0 Å². The zero-order valence-corrected chi connectivity index (χ0v) is 16.3. The number of hydrogen-bond donors (Lipinski definition) is 0. The van der Waals surface area contributed by atoms with Gasteiger partial charge >= 0.3 is 142 Å². The molecule has 1 aromatic rings. The summed E-state index contributed by atoms with van der Waals surface area (Å²) in [6.07, 6.45) is 2.92. The van der Waals surface area contributed by atoms with E-state index in [2.05, 4.69) is 58.0 Å². The molecule has 122 valence electrons. The summed E-state index contributed by atoms with van der Waals surface area (Å²) in [6, 6.07) is 10.8. The van der Waals surface area contributed by atoms with Gasteiger partial charge in [-0.15, -0.1) is 0 Å². The molecule has 1 nitrogen and oxygen atoms in total. The molecule has 0 spiro atoms. The van der Waals surface area contributed by atoms with E-state index in [-0.39, 0.29) is 5.60 Å². The zero-order valence-electron chi connectivity index (χ0n) is 14.6. The topological polar surface area (TPSA) is 9.23 Å². The van der Waals surface area contributed by atoms with Crippen LogP contribution in [0.15, 0.2) is 30.3 Å². The van der Waals surface area contributed by atoms with E-state index in [0.29, 0.717) is 20.4 Å². The Bertz CT molecular complexity index is 512. The van der Waals surface area contributed by atoms with Crippen LogP contribution in [0.4, 0.5) is 0 Å². The summed E-state index contributed by atoms with van der Waals surface area (Å²) in [7, 11) is 1.87. The Hall–Kier alpha value is -0.301. The van der Waals surface area contributed by atoms with Gasteiger partial charge in [-0.3, -0.25) is 0 Å². The Balaban J connectivity index is 1.64. The van der Waals surface area contributed by atoms with Crippen LogP contribution in [0.2, 0.25) is 10.1 Å². The Labute approximate surface area is 142 Å². The van der Waals surface area contributed by atoms with Crippen molar-refractivity contribution >= 4 is 15.0 Å². The van der Waals surface area contributed by atoms with Crippen molar-refractivity contribution in [2.45, 2.75) is 56.3 Å². The van der Waals surface area contributed by atoms with Crippen LogP contribution in [0.3, 0.4) is 0 Å². The molecule has 3 rings (SSSR count). The van der Waals surface area contributed by atoms with Crippen molar-refractivity contribution in [1.29, 1.82) is 0 Å². The standard InChI is InChI=1S/C20H30OSe/c1-14-11-16-17(19(16,2)3)12-18(14)22-13-20(4,21-5)15-9-7-6-8-10-15/h6-10,14,16-18H,11-13H2,1-5H3/t14-,16+,17-,18+,20?/m1/s1. The average molecular weight is 365 g/mol. The summed E-state index contributed by atoms with van der Waals surface area (Å²) < 4.78 is 5.94. The van der Waals surface area contributed by atoms with Gasteiger partial charge in [-0.25, -0.2) is 0 Å². The van der Waals surface area contributed by atoms with Gasteiger partial charge in [0, 0.05) is 0 Å². The van der Waals surface area contributed by atoms with Crippen LogP contribution in [0.5, 0.6) is 0 Å². The predicted octanol–water partition coefficient (Wildman–Crippen LogP) is 5.16. The summed E-state index contributed by atoms with van der Waals surface area (Å²) in [5, 5.41) is 1.19. The SMILES string of the molecule is COC(C)(C[Se][C@H]1C[C@@H]2[C@H](C[C@H]1C)C2(C)C)c1ccccc1. The third-order valence-electron chi connectivity index (χ3n) is 6.44. The van der Waals surface area contributed by atoms with Crippen LogP contribution in [0.1, 0.15) is 46.1 Å². The van der Waals surface area contributed by atoms with Crippen molar-refractivity contribution in [2.24, 2.45) is 23.2 Å². The Morgan fingerprint density at radius 3 is 2.45 bits per heavy atom. The number of fused-ring (bicyclic) bond motifs is 1. The average Bonchev–Trinajstić information content (AvgIpc) is 3.05. The van der Waals surface area contributed by atoms with E-state index >= 15 is 0 Å². The fraction of sp³-hybridized carbons (Fsp3) is 0.700. The van der Waals surface area contributed by atoms with Crippen molar-refractivity contribution in [3.05, 3.63) is 35.9 Å². The fourth-order valence-electron chi connectivity index (χ4n) is 4.38. The van der Waals surface area contributed by atoms with E-state index in [1.165, 1.54) is 23.7 Å². The number of hydrogen-bond acceptors (Lipinski definition) is 1. The quantitative estimate of drug-likeness (QED) is 0.655. The first-order valence-corrected chi connectivity index (χ1v) is 10.8. The van der Waals surface area contributed by atoms with Crippen molar-refractivity contribution in [2.75, 3.05) is 7.11 Å². The van der Waals surface area contributed by atoms with Gasteiger partial charge in [0.1, 0.15) is 0 Å². The molecular weight excluding hydrogens is 335 g/mol. The first kappa shape index (κ1) is 16.6. The molecule has 0 aliphatic heterocycles. The second-order valence-electron chi connectivity index (χ2n) is 8.13. The minimum atomic E-state index is -0.114. The molecule has 0 radical (unpaired) electrons. The molecule has 0 amide bonds. The van der Waals surface area contributed by atoms with Crippen molar-refractivity contribution in [3.63, 3.8) is 0 Å². The van der Waals surface area contributed by atoms with Crippen LogP contribution >= 0.6 is 0 Å². The Morgan fingerprint density at radius 1 is 1.18 bits per heavy atom. The summed E-state index contributed by atoms with van der Waals surface area (Å²) in [6.45, 7) is 9.71. The molecule has 2 fully saturated rings. The molecule has 22 heavy (non-hydrogen) atoms. The molecular formula is C20H30OSe. The third-order valence-corrected chi connectivity index (χ3v) is 10.2. The van der Waals surface area contributed by atoms with E-state index in [1.54, 1.807) is 0 Å². The molecule has 0 aromatic heterocycles. The maximum atomic E-state index is 5.94. The van der Waals surface area contributed by atoms with Gasteiger partial charge in [-0.05, 0) is 0 Å². The van der Waals surface area contributed by atoms with Gasteiger partial charge in [0.2, 0.25) is 0 Å². The zero-order chi connectivity index (χ0) is 16.0. The predicted molar refractivity (Wildman–Crippen MR) is 94.3 cm³/mol. The Morgan fingerprint density at radius 2 is 1.82 bits per heavy atom. The molecule has 0 bridgehead atoms. The molecule has 2 aliphatic carbocycles. The maximum absolute atomic E-state index is 5.94. The molecule has 2 saturated carbocycles. The van der Waals surface area contributed by atoms with E-state index in [0.717, 1.165) is 22.6 Å². The van der Waals surface area contributed by atoms with E-state index in [4.69, 9.17) is 4.74 Å². The van der Waals surface area contributed by atoms with Crippen molar-refractivity contribution < 1.29 is 4.74 Å². The van der Waals surface area contributed by atoms with Crippen LogP contribution in [0, 0.1) is 23.2 Å². The van der Waals surface area contributed by atoms with Gasteiger partial charge in [-0.1, -0.05) is 0 Å². The second kappa shape index (κ2) is 5.96. The van der Waals surface area contributed by atoms with Crippen molar-refractivity contribution in [1.82, 2.24) is 0 Å². The molecule has 0 N–H and O–H groups in total. The van der Waals surface area contributed by atoms with Gasteiger partial charge in [0.05, 0.1) is 0 Å². The van der Waals surface area contributed by atoms with Crippen LogP contribution in [-0.2, 0) is 10.3 Å². The fourth-order valence-corrected chi connectivity index (χ4v) is 7.73. The minimum absolute atomic E-state index is 0.114. The monoisotopic (exact) mass is 366 g/mol. The molecule has 0 saturated heterocycles. The normalized spacial score (nSPS) is 35.5. The molecule has 1 aromatic carbocycles. The molecule has 5 atom stereocenters. The summed E-state index contributed by atoms with van der Waals surface area (Å²) >= 11 is 0.656. The molecule has 0 heterocycles. The number of benzene rings is 1. The van der Waals surface area contributed by atoms with Crippen molar-refractivity contribution in [3.8, 4) is 0 Å². The first-order valence-electron chi connectivity index (χ1n) is 8.61. The van der Waals surface area contributed by atoms with Crippen LogP contribution in [-0.4, -0.2) is 22.1 Å². The number of rotatable bonds is 5. The van der Waals surface area contributed by atoms with E-state index in [1.807, 2.05) is 7.11 Å². The molecule has 2 aliphatic rings. The third kappa shape index (κ3) is 2.90. The van der Waals surface area contributed by atoms with E-state index < -0.39 is 0 Å². The first-order chi connectivity index (χ1) is 10.4. The number of methoxy groups -OCH3 is 1. The van der Waals surface area contributed by atoms with Crippen LogP contribution in [0.25, 0.3) is 0 Å². The second-order valence-corrected chi connectivity index (χ2v) is 10.7. The van der Waals surface area contributed by atoms with E-state index in [9.17, 15) is 0 Å². The summed E-state index contributed by atoms with van der Waals surface area (Å²) in [4.78, 5) is 0.939. The Kier molecular flexibility index (Phi) is 4.49. The van der Waals surface area contributed by atoms with Gasteiger partial charge in [0.25, 0.3) is 0 Å². The van der Waals surface area contributed by atoms with Gasteiger partial charge in [0.15, 0.2) is 0 Å². The molecule has 2 heteroatoms. The number of ether oxygens (including phenoxy) is 1. The molecule has 1 unspecified atom stereocenters. The van der Waals surface area contributed by atoms with Gasteiger partial charge < -0.3 is 0 Å². The summed E-state index contributed by atoms with van der Waals surface area (Å²) in [5.41, 5.74) is 1.84. The summed E-state index contributed by atoms with van der Waals surface area (Å²) in [5.74, 6) is 2.92. The van der Waals surface area contributed by atoms with Crippen LogP contribution < -0.4 is 0 Å².